The zero-order valence-electron chi connectivity index (χ0n) is 19.3. The molecule has 7 nitrogen and oxygen atoms in total. The summed E-state index contributed by atoms with van der Waals surface area (Å²) in [5.41, 5.74) is 5.88. The van der Waals surface area contributed by atoms with Crippen molar-refractivity contribution < 1.29 is 13.7 Å². The van der Waals surface area contributed by atoms with Crippen LogP contribution in [0.5, 0.6) is 5.75 Å². The molecule has 3 aromatic rings. The largest absolute Gasteiger partial charge is 0.408 e. The van der Waals surface area contributed by atoms with E-state index in [4.69, 9.17) is 20.5 Å². The van der Waals surface area contributed by atoms with Gasteiger partial charge >= 0.3 is 0 Å². The molecule has 0 unspecified atom stereocenters. The minimum Gasteiger partial charge on any atom is -0.408 e. The third-order valence-electron chi connectivity index (χ3n) is 5.29. The highest BCUT2D eigenvalue weighted by atomic mass is 35.5. The van der Waals surface area contributed by atoms with Gasteiger partial charge in [0.2, 0.25) is 0 Å². The maximum atomic E-state index is 13.0. The van der Waals surface area contributed by atoms with Gasteiger partial charge < -0.3 is 19.2 Å². The van der Waals surface area contributed by atoms with Crippen molar-refractivity contribution in [2.45, 2.75) is 26.1 Å². The molecule has 0 radical (unpaired) electrons. The van der Waals surface area contributed by atoms with Crippen LogP contribution in [0.2, 0.25) is 5.02 Å². The number of morpholine rings is 1. The van der Waals surface area contributed by atoms with Gasteiger partial charge in [-0.2, -0.15) is 0 Å². The summed E-state index contributed by atoms with van der Waals surface area (Å²) in [6.45, 7) is 5.92. The van der Waals surface area contributed by atoms with E-state index in [0.717, 1.165) is 36.8 Å². The van der Waals surface area contributed by atoms with Crippen LogP contribution in [0.15, 0.2) is 67.0 Å². The molecule has 2 atom stereocenters. The Labute approximate surface area is 209 Å². The van der Waals surface area contributed by atoms with Gasteiger partial charge in [-0.05, 0) is 68.4 Å². The zero-order chi connectivity index (χ0) is 24.1. The van der Waals surface area contributed by atoms with Gasteiger partial charge in [0.15, 0.2) is 18.0 Å². The molecule has 0 aliphatic carbocycles. The molecule has 4 rings (SSSR count). The molecule has 1 aromatic heterocycles. The van der Waals surface area contributed by atoms with Crippen LogP contribution >= 0.6 is 23.8 Å². The van der Waals surface area contributed by atoms with E-state index in [0.29, 0.717) is 21.8 Å². The number of hydrazine groups is 1. The van der Waals surface area contributed by atoms with Gasteiger partial charge in [-0.1, -0.05) is 11.6 Å². The fourth-order valence-corrected chi connectivity index (χ4v) is 4.46. The molecule has 0 spiro atoms. The Bertz CT molecular complexity index is 1110. The van der Waals surface area contributed by atoms with Crippen molar-refractivity contribution in [2.75, 3.05) is 30.5 Å². The van der Waals surface area contributed by atoms with Gasteiger partial charge in [0.25, 0.3) is 0 Å². The summed E-state index contributed by atoms with van der Waals surface area (Å²) in [5.74, 6) is 0.555. The van der Waals surface area contributed by atoms with E-state index in [9.17, 15) is 4.79 Å². The normalized spacial score (nSPS) is 18.1. The van der Waals surface area contributed by atoms with Gasteiger partial charge in [0.05, 0.1) is 17.9 Å². The summed E-state index contributed by atoms with van der Waals surface area (Å²) in [7, 11) is 1.81. The molecule has 0 bridgehead atoms. The first-order chi connectivity index (χ1) is 16.4. The lowest BCUT2D eigenvalue weighted by molar-refractivity contribution is -0.00521. The van der Waals surface area contributed by atoms with Crippen molar-refractivity contribution >= 4 is 41.0 Å². The number of ether oxygens (including phenoxy) is 1. The smallest absolute Gasteiger partial charge is 0.196 e. The van der Waals surface area contributed by atoms with E-state index in [1.165, 1.54) is 6.20 Å². The molecule has 9 heteroatoms. The Hall–Kier alpha value is -2.78. The van der Waals surface area contributed by atoms with E-state index < -0.39 is 0 Å². The van der Waals surface area contributed by atoms with Crippen LogP contribution in [0.3, 0.4) is 0 Å². The summed E-state index contributed by atoms with van der Waals surface area (Å²) in [6, 6.07) is 16.6. The lowest BCUT2D eigenvalue weighted by atomic mass is 10.0. The lowest BCUT2D eigenvalue weighted by Gasteiger charge is -2.36. The predicted molar refractivity (Wildman–Crippen MR) is 137 cm³/mol. The topological polar surface area (TPSA) is 66.9 Å². The SMILES string of the molecule is C[C@@H]1CN(c2ccc(OSN(C)Nc3ccc(Cl)cc3C(=O)c3cccnc3)cc2)C[C@H](C)O1. The minimum atomic E-state index is -0.167. The first-order valence-corrected chi connectivity index (χ1v) is 12.1. The van der Waals surface area contributed by atoms with Gasteiger partial charge in [-0.15, -0.1) is 4.41 Å². The molecular weight excluding hydrogens is 472 g/mol. The Balaban J connectivity index is 1.37. The third-order valence-corrected chi connectivity index (χ3v) is 6.11. The molecule has 1 fully saturated rings. The number of halogens is 1. The zero-order valence-corrected chi connectivity index (χ0v) is 20.8. The number of nitrogens with one attached hydrogen (secondary N) is 1. The molecular formula is C25H27ClN4O3S. The first-order valence-electron chi connectivity index (χ1n) is 11.0. The number of ketones is 1. The van der Waals surface area contributed by atoms with Gasteiger partial charge in [0.1, 0.15) is 5.75 Å². The highest BCUT2D eigenvalue weighted by molar-refractivity contribution is 7.92. The van der Waals surface area contributed by atoms with Crippen molar-refractivity contribution in [3.8, 4) is 5.75 Å². The molecule has 1 aliphatic rings. The average Bonchev–Trinajstić information content (AvgIpc) is 2.83. The summed E-state index contributed by atoms with van der Waals surface area (Å²) < 4.78 is 13.3. The number of benzene rings is 2. The highest BCUT2D eigenvalue weighted by Gasteiger charge is 2.22. The van der Waals surface area contributed by atoms with Crippen LogP contribution < -0.4 is 14.5 Å². The molecule has 1 saturated heterocycles. The molecule has 1 N–H and O–H groups in total. The average molecular weight is 499 g/mol. The minimum absolute atomic E-state index is 0.167. The fraction of sp³-hybridized carbons (Fsp3) is 0.280. The van der Waals surface area contributed by atoms with Crippen LogP contribution in [-0.2, 0) is 4.74 Å². The van der Waals surface area contributed by atoms with Crippen LogP contribution in [0.4, 0.5) is 11.4 Å². The molecule has 1 aliphatic heterocycles. The second kappa shape index (κ2) is 11.1. The van der Waals surface area contributed by atoms with Crippen LogP contribution in [0.1, 0.15) is 29.8 Å². The summed E-state index contributed by atoms with van der Waals surface area (Å²) in [5, 5.41) is 0.480. The number of carbonyl (C=O) groups is 1. The number of aromatic nitrogens is 1. The Morgan fingerprint density at radius 3 is 2.59 bits per heavy atom. The lowest BCUT2D eigenvalue weighted by Crippen LogP contribution is -2.45. The Morgan fingerprint density at radius 1 is 1.18 bits per heavy atom. The van der Waals surface area contributed by atoms with E-state index in [1.807, 2.05) is 19.2 Å². The number of hydrogen-bond donors (Lipinski definition) is 1. The molecule has 2 aromatic carbocycles. The van der Waals surface area contributed by atoms with Gasteiger partial charge in [-0.3, -0.25) is 9.78 Å². The van der Waals surface area contributed by atoms with Crippen LogP contribution in [0.25, 0.3) is 0 Å². The summed E-state index contributed by atoms with van der Waals surface area (Å²) in [4.78, 5) is 19.3. The van der Waals surface area contributed by atoms with E-state index in [-0.39, 0.29) is 18.0 Å². The first kappa shape index (κ1) is 24.3. The number of rotatable bonds is 8. The maximum Gasteiger partial charge on any atom is 0.196 e. The van der Waals surface area contributed by atoms with Crippen molar-refractivity contribution in [1.29, 1.82) is 0 Å². The molecule has 34 heavy (non-hydrogen) atoms. The molecule has 0 amide bonds. The quantitative estimate of drug-likeness (QED) is 0.189. The van der Waals surface area contributed by atoms with Crippen molar-refractivity contribution in [3.05, 3.63) is 83.1 Å². The third kappa shape index (κ3) is 6.21. The van der Waals surface area contributed by atoms with Crippen LogP contribution in [0, 0.1) is 0 Å². The maximum absolute atomic E-state index is 13.0. The van der Waals surface area contributed by atoms with Gasteiger partial charge in [0, 0.05) is 54.4 Å². The number of anilines is 2. The van der Waals surface area contributed by atoms with E-state index in [2.05, 4.69) is 41.3 Å². The predicted octanol–water partition coefficient (Wildman–Crippen LogP) is 5.48. The number of nitrogens with zero attached hydrogens (tertiary/aromatic N) is 3. The van der Waals surface area contributed by atoms with E-state index in [1.54, 1.807) is 40.9 Å². The van der Waals surface area contributed by atoms with Gasteiger partial charge in [-0.25, -0.2) is 0 Å². The molecule has 2 heterocycles. The molecule has 178 valence electrons. The monoisotopic (exact) mass is 498 g/mol. The second-order valence-electron chi connectivity index (χ2n) is 8.18. The van der Waals surface area contributed by atoms with Crippen molar-refractivity contribution in [2.24, 2.45) is 0 Å². The summed E-state index contributed by atoms with van der Waals surface area (Å²) >= 11 is 7.28. The fourth-order valence-electron chi connectivity index (χ4n) is 3.84. The van der Waals surface area contributed by atoms with Crippen LogP contribution in [-0.4, -0.2) is 47.5 Å². The number of carbonyl (C=O) groups excluding carboxylic acids is 1. The Morgan fingerprint density at radius 2 is 1.91 bits per heavy atom. The number of pyridine rings is 1. The number of hydrogen-bond acceptors (Lipinski definition) is 8. The summed E-state index contributed by atoms with van der Waals surface area (Å²) in [6.07, 6.45) is 3.58. The molecule has 0 saturated carbocycles. The standard InChI is InChI=1S/C25H27ClN4O3S/c1-17-15-30(16-18(2)32-17)21-7-9-22(10-8-21)33-34-29(3)28-24-11-6-20(26)13-23(24)25(31)19-5-4-12-27-14-19/h4-14,17-18,28H,15-16H2,1-3H3/t17-,18+. The second-order valence-corrected chi connectivity index (χ2v) is 9.48. The van der Waals surface area contributed by atoms with E-state index >= 15 is 0 Å². The Kier molecular flexibility index (Phi) is 7.95. The van der Waals surface area contributed by atoms with Crippen molar-refractivity contribution in [3.63, 3.8) is 0 Å². The highest BCUT2D eigenvalue weighted by Crippen LogP contribution is 2.28. The van der Waals surface area contributed by atoms with Crippen molar-refractivity contribution in [1.82, 2.24) is 9.40 Å².